The quantitative estimate of drug-likeness (QED) is 0.535. The lowest BCUT2D eigenvalue weighted by Gasteiger charge is -2.04. The van der Waals surface area contributed by atoms with Crippen molar-refractivity contribution in [3.63, 3.8) is 0 Å². The molecule has 70 valence electrons. The molecule has 1 aromatic rings. The van der Waals surface area contributed by atoms with E-state index < -0.39 is 22.5 Å². The minimum absolute atomic E-state index is 0.390. The molecule has 5 heteroatoms. The highest BCUT2D eigenvalue weighted by Crippen LogP contribution is 2.28. The highest BCUT2D eigenvalue weighted by atomic mass is 16.6. The molecule has 0 spiro atoms. The molecule has 0 unspecified atom stereocenters. The molecule has 0 saturated heterocycles. The molecule has 0 amide bonds. The summed E-state index contributed by atoms with van der Waals surface area (Å²) in [7, 11) is 0. The lowest BCUT2D eigenvalue weighted by atomic mass is 10.1. The molecule has 1 rings (SSSR count). The topological polar surface area (TPSA) is 83.6 Å². The van der Waals surface area contributed by atoms with Gasteiger partial charge in [-0.05, 0) is 18.6 Å². The number of nitro groups is 1. The van der Waals surface area contributed by atoms with Crippen LogP contribution in [-0.2, 0) is 0 Å². The number of nitro benzene ring substituents is 1. The summed E-state index contributed by atoms with van der Waals surface area (Å²) in [5, 5.41) is 28.5. The van der Waals surface area contributed by atoms with Crippen LogP contribution in [0.4, 0.5) is 5.69 Å². The Bertz CT molecular complexity index is 335. The SMILES string of the molecule is C[C@H](O)c1ccc(O)c([N+](=O)[O-])c1. The van der Waals surface area contributed by atoms with Crippen molar-refractivity contribution in [2.24, 2.45) is 0 Å². The number of phenols is 1. The molecule has 0 bridgehead atoms. The number of hydrogen-bond acceptors (Lipinski definition) is 4. The van der Waals surface area contributed by atoms with Crippen LogP contribution in [0.3, 0.4) is 0 Å². The van der Waals surface area contributed by atoms with Crippen LogP contribution >= 0.6 is 0 Å². The van der Waals surface area contributed by atoms with Gasteiger partial charge in [-0.3, -0.25) is 10.1 Å². The lowest BCUT2D eigenvalue weighted by Crippen LogP contribution is -1.94. The number of aliphatic hydroxyl groups is 1. The second-order valence-electron chi connectivity index (χ2n) is 2.68. The van der Waals surface area contributed by atoms with Crippen molar-refractivity contribution in [2.45, 2.75) is 13.0 Å². The molecule has 0 fully saturated rings. The van der Waals surface area contributed by atoms with Gasteiger partial charge >= 0.3 is 5.69 Å². The number of aromatic hydroxyl groups is 1. The summed E-state index contributed by atoms with van der Waals surface area (Å²) in [4.78, 5) is 9.67. The summed E-state index contributed by atoms with van der Waals surface area (Å²) >= 11 is 0. The van der Waals surface area contributed by atoms with E-state index >= 15 is 0 Å². The summed E-state index contributed by atoms with van der Waals surface area (Å²) in [6.07, 6.45) is -0.778. The van der Waals surface area contributed by atoms with Crippen LogP contribution in [-0.4, -0.2) is 15.1 Å². The molecule has 5 nitrogen and oxygen atoms in total. The van der Waals surface area contributed by atoms with Crippen molar-refractivity contribution >= 4 is 5.69 Å². The van der Waals surface area contributed by atoms with Crippen molar-refractivity contribution < 1.29 is 15.1 Å². The number of rotatable bonds is 2. The maximum atomic E-state index is 10.4. The molecule has 0 aliphatic rings. The molecule has 0 aliphatic carbocycles. The maximum absolute atomic E-state index is 10.4. The van der Waals surface area contributed by atoms with Gasteiger partial charge in [-0.25, -0.2) is 0 Å². The van der Waals surface area contributed by atoms with E-state index in [-0.39, 0.29) is 0 Å². The number of benzene rings is 1. The number of aliphatic hydroxyl groups excluding tert-OH is 1. The van der Waals surface area contributed by atoms with Crippen LogP contribution in [0.5, 0.6) is 5.75 Å². The zero-order chi connectivity index (χ0) is 10.0. The third-order valence-electron chi connectivity index (χ3n) is 1.68. The van der Waals surface area contributed by atoms with Gasteiger partial charge in [-0.15, -0.1) is 0 Å². The largest absolute Gasteiger partial charge is 0.502 e. The average molecular weight is 183 g/mol. The van der Waals surface area contributed by atoms with Crippen LogP contribution in [0, 0.1) is 10.1 Å². The first kappa shape index (κ1) is 9.47. The molecule has 13 heavy (non-hydrogen) atoms. The molecule has 1 aromatic carbocycles. The fourth-order valence-corrected chi connectivity index (χ4v) is 0.947. The predicted octanol–water partition coefficient (Wildman–Crippen LogP) is 1.35. The second kappa shape index (κ2) is 3.40. The average Bonchev–Trinajstić information content (AvgIpc) is 2.04. The fourth-order valence-electron chi connectivity index (χ4n) is 0.947. The summed E-state index contributed by atoms with van der Waals surface area (Å²) in [6.45, 7) is 1.50. The van der Waals surface area contributed by atoms with Gasteiger partial charge in [-0.1, -0.05) is 6.07 Å². The number of phenolic OH excluding ortho intramolecular Hbond substituents is 1. The van der Waals surface area contributed by atoms with Gasteiger partial charge in [0.25, 0.3) is 0 Å². The molecule has 0 aliphatic heterocycles. The molecule has 1 atom stereocenters. The Morgan fingerprint density at radius 1 is 1.54 bits per heavy atom. The normalized spacial score (nSPS) is 12.5. The van der Waals surface area contributed by atoms with E-state index in [9.17, 15) is 10.1 Å². The Balaban J connectivity index is 3.19. The minimum atomic E-state index is -0.778. The zero-order valence-electron chi connectivity index (χ0n) is 6.97. The molecule has 2 N–H and O–H groups in total. The van der Waals surface area contributed by atoms with Crippen LogP contribution in [0.25, 0.3) is 0 Å². The van der Waals surface area contributed by atoms with Crippen molar-refractivity contribution in [1.29, 1.82) is 0 Å². The summed E-state index contributed by atoms with van der Waals surface area (Å²) in [6, 6.07) is 3.78. The van der Waals surface area contributed by atoms with Crippen molar-refractivity contribution in [3.05, 3.63) is 33.9 Å². The minimum Gasteiger partial charge on any atom is -0.502 e. The van der Waals surface area contributed by atoms with E-state index in [0.717, 1.165) is 6.07 Å². The van der Waals surface area contributed by atoms with Gasteiger partial charge in [0.05, 0.1) is 11.0 Å². The van der Waals surface area contributed by atoms with Gasteiger partial charge < -0.3 is 10.2 Å². The molecular formula is C8H9NO4. The Labute approximate surface area is 74.4 Å². The first-order valence-electron chi connectivity index (χ1n) is 3.67. The standard InChI is InChI=1S/C8H9NO4/c1-5(10)6-2-3-8(11)7(4-6)9(12)13/h2-5,10-11H,1H3/t5-/m0/s1. The number of hydrogen-bond donors (Lipinski definition) is 2. The monoisotopic (exact) mass is 183 g/mol. The number of nitrogens with zero attached hydrogens (tertiary/aromatic N) is 1. The Morgan fingerprint density at radius 3 is 2.62 bits per heavy atom. The van der Waals surface area contributed by atoms with Crippen molar-refractivity contribution in [2.75, 3.05) is 0 Å². The molecule has 0 heterocycles. The van der Waals surface area contributed by atoms with E-state index in [4.69, 9.17) is 10.2 Å². The van der Waals surface area contributed by atoms with Gasteiger partial charge in [0.2, 0.25) is 0 Å². The highest BCUT2D eigenvalue weighted by Gasteiger charge is 2.14. The summed E-state index contributed by atoms with van der Waals surface area (Å²) in [5.74, 6) is -0.394. The van der Waals surface area contributed by atoms with Gasteiger partial charge in [0, 0.05) is 6.07 Å². The Kier molecular flexibility index (Phi) is 2.48. The van der Waals surface area contributed by atoms with E-state index in [0.29, 0.717) is 5.56 Å². The van der Waals surface area contributed by atoms with Crippen LogP contribution in [0.1, 0.15) is 18.6 Å². The third-order valence-corrected chi connectivity index (χ3v) is 1.68. The van der Waals surface area contributed by atoms with Gasteiger partial charge in [0.1, 0.15) is 0 Å². The van der Waals surface area contributed by atoms with Crippen LogP contribution in [0.2, 0.25) is 0 Å². The zero-order valence-corrected chi connectivity index (χ0v) is 6.97. The first-order chi connectivity index (χ1) is 6.02. The Morgan fingerprint density at radius 2 is 2.15 bits per heavy atom. The highest BCUT2D eigenvalue weighted by molar-refractivity contribution is 5.47. The first-order valence-corrected chi connectivity index (χ1v) is 3.67. The van der Waals surface area contributed by atoms with Gasteiger partial charge in [-0.2, -0.15) is 0 Å². The predicted molar refractivity (Wildman–Crippen MR) is 45.4 cm³/mol. The van der Waals surface area contributed by atoms with E-state index in [1.807, 2.05) is 0 Å². The van der Waals surface area contributed by atoms with Crippen molar-refractivity contribution in [1.82, 2.24) is 0 Å². The van der Waals surface area contributed by atoms with Crippen LogP contribution in [0.15, 0.2) is 18.2 Å². The lowest BCUT2D eigenvalue weighted by molar-refractivity contribution is -0.386. The van der Waals surface area contributed by atoms with E-state index in [1.54, 1.807) is 0 Å². The fraction of sp³-hybridized carbons (Fsp3) is 0.250. The second-order valence-corrected chi connectivity index (χ2v) is 2.68. The van der Waals surface area contributed by atoms with Crippen molar-refractivity contribution in [3.8, 4) is 5.75 Å². The van der Waals surface area contributed by atoms with E-state index in [2.05, 4.69) is 0 Å². The third kappa shape index (κ3) is 1.94. The molecule has 0 radical (unpaired) electrons. The van der Waals surface area contributed by atoms with Crippen LogP contribution < -0.4 is 0 Å². The summed E-state index contributed by atoms with van der Waals surface area (Å²) < 4.78 is 0. The van der Waals surface area contributed by atoms with E-state index in [1.165, 1.54) is 19.1 Å². The van der Waals surface area contributed by atoms with Gasteiger partial charge in [0.15, 0.2) is 5.75 Å². The smallest absolute Gasteiger partial charge is 0.311 e. The molecular weight excluding hydrogens is 174 g/mol. The Hall–Kier alpha value is -1.62. The molecule has 0 aromatic heterocycles. The summed E-state index contributed by atoms with van der Waals surface area (Å²) in [5.41, 5.74) is 0.0166. The maximum Gasteiger partial charge on any atom is 0.311 e. The molecule has 0 saturated carbocycles.